The normalized spacial score (nSPS) is 29.8. The van der Waals surface area contributed by atoms with Crippen molar-refractivity contribution in [2.24, 2.45) is 11.8 Å². The molecule has 0 aromatic heterocycles. The van der Waals surface area contributed by atoms with E-state index in [2.05, 4.69) is 17.6 Å². The van der Waals surface area contributed by atoms with E-state index in [1.165, 1.54) is 32.1 Å². The second kappa shape index (κ2) is 9.25. The molecule has 2 rings (SSSR count). The number of carboxylic acid groups (broad SMARTS) is 1. The highest BCUT2D eigenvalue weighted by Crippen LogP contribution is 2.31. The topological polar surface area (TPSA) is 81.7 Å². The zero-order valence-electron chi connectivity index (χ0n) is 15.1. The summed E-state index contributed by atoms with van der Waals surface area (Å²) in [7, 11) is 0. The molecule has 0 saturated heterocycles. The SMILES string of the molecule is CCC1CCCCC1CNC(=O)NC1CC(N(CC)CC(=O)O)C1. The Balaban J connectivity index is 1.64. The first-order chi connectivity index (χ1) is 11.5. The average Bonchev–Trinajstić information content (AvgIpc) is 2.54. The van der Waals surface area contributed by atoms with Crippen LogP contribution in [-0.2, 0) is 4.79 Å². The van der Waals surface area contributed by atoms with Crippen LogP contribution in [0, 0.1) is 11.8 Å². The van der Waals surface area contributed by atoms with Crippen LogP contribution in [0.2, 0.25) is 0 Å². The van der Waals surface area contributed by atoms with Gasteiger partial charge in [-0.05, 0) is 37.6 Å². The standard InChI is InChI=1S/C18H33N3O3/c1-3-13-7-5-6-8-14(13)11-19-18(24)20-15-9-16(10-15)21(4-2)12-17(22)23/h13-16H,3-12H2,1-2H3,(H,22,23)(H2,19,20,24). The highest BCUT2D eigenvalue weighted by atomic mass is 16.4. The van der Waals surface area contributed by atoms with Gasteiger partial charge in [-0.3, -0.25) is 9.69 Å². The number of amides is 2. The largest absolute Gasteiger partial charge is 0.480 e. The van der Waals surface area contributed by atoms with E-state index < -0.39 is 5.97 Å². The van der Waals surface area contributed by atoms with E-state index in [0.29, 0.717) is 5.92 Å². The fraction of sp³-hybridized carbons (Fsp3) is 0.889. The molecule has 2 atom stereocenters. The van der Waals surface area contributed by atoms with Crippen LogP contribution in [0.5, 0.6) is 0 Å². The van der Waals surface area contributed by atoms with Crippen LogP contribution in [0.1, 0.15) is 58.8 Å². The van der Waals surface area contributed by atoms with Crippen LogP contribution in [0.15, 0.2) is 0 Å². The lowest BCUT2D eigenvalue weighted by atomic mass is 9.78. The van der Waals surface area contributed by atoms with Gasteiger partial charge in [0.25, 0.3) is 0 Å². The molecule has 2 unspecified atom stereocenters. The predicted molar refractivity (Wildman–Crippen MR) is 94.0 cm³/mol. The van der Waals surface area contributed by atoms with E-state index in [9.17, 15) is 9.59 Å². The van der Waals surface area contributed by atoms with Crippen molar-refractivity contribution in [3.63, 3.8) is 0 Å². The quantitative estimate of drug-likeness (QED) is 0.634. The summed E-state index contributed by atoms with van der Waals surface area (Å²) >= 11 is 0. The summed E-state index contributed by atoms with van der Waals surface area (Å²) in [6, 6.07) is 0.380. The molecule has 0 spiro atoms. The Hall–Kier alpha value is -1.30. The number of aliphatic carboxylic acids is 1. The highest BCUT2D eigenvalue weighted by Gasteiger charge is 2.34. The number of carbonyl (C=O) groups excluding carboxylic acids is 1. The molecule has 2 aliphatic carbocycles. The molecule has 0 bridgehead atoms. The number of hydrogen-bond acceptors (Lipinski definition) is 3. The number of carbonyl (C=O) groups is 2. The Morgan fingerprint density at radius 3 is 2.38 bits per heavy atom. The minimum atomic E-state index is -0.788. The van der Waals surface area contributed by atoms with Crippen molar-refractivity contribution < 1.29 is 14.7 Å². The molecule has 2 amide bonds. The van der Waals surface area contributed by atoms with E-state index in [-0.39, 0.29) is 24.7 Å². The van der Waals surface area contributed by atoms with Crippen molar-refractivity contribution in [2.75, 3.05) is 19.6 Å². The van der Waals surface area contributed by atoms with E-state index >= 15 is 0 Å². The van der Waals surface area contributed by atoms with E-state index in [1.54, 1.807) is 0 Å². The maximum atomic E-state index is 12.1. The smallest absolute Gasteiger partial charge is 0.317 e. The van der Waals surface area contributed by atoms with Crippen LogP contribution in [0.3, 0.4) is 0 Å². The minimum Gasteiger partial charge on any atom is -0.480 e. The molecule has 6 heteroatoms. The fourth-order valence-electron chi connectivity index (χ4n) is 4.23. The minimum absolute atomic E-state index is 0.0693. The van der Waals surface area contributed by atoms with Crippen molar-refractivity contribution >= 4 is 12.0 Å². The number of nitrogens with zero attached hydrogens (tertiary/aromatic N) is 1. The average molecular weight is 339 g/mol. The third-order valence-electron chi connectivity index (χ3n) is 5.83. The van der Waals surface area contributed by atoms with Crippen LogP contribution in [0.25, 0.3) is 0 Å². The molecular weight excluding hydrogens is 306 g/mol. The lowest BCUT2D eigenvalue weighted by Gasteiger charge is -2.42. The number of nitrogens with one attached hydrogen (secondary N) is 2. The number of hydrogen-bond donors (Lipinski definition) is 3. The first kappa shape index (κ1) is 19.0. The maximum absolute atomic E-state index is 12.1. The molecule has 0 aliphatic heterocycles. The highest BCUT2D eigenvalue weighted by molar-refractivity contribution is 5.74. The Morgan fingerprint density at radius 1 is 1.12 bits per heavy atom. The zero-order valence-corrected chi connectivity index (χ0v) is 15.1. The van der Waals surface area contributed by atoms with Crippen molar-refractivity contribution in [1.82, 2.24) is 15.5 Å². The van der Waals surface area contributed by atoms with Crippen molar-refractivity contribution in [1.29, 1.82) is 0 Å². The molecule has 2 aliphatic rings. The maximum Gasteiger partial charge on any atom is 0.317 e. The van der Waals surface area contributed by atoms with Gasteiger partial charge in [-0.1, -0.05) is 39.5 Å². The monoisotopic (exact) mass is 339 g/mol. The number of likely N-dealkylation sites (N-methyl/N-ethyl adjacent to an activating group) is 1. The Morgan fingerprint density at radius 2 is 1.79 bits per heavy atom. The summed E-state index contributed by atoms with van der Waals surface area (Å²) in [5, 5.41) is 15.0. The third-order valence-corrected chi connectivity index (χ3v) is 5.83. The van der Waals surface area contributed by atoms with Crippen molar-refractivity contribution in [3.05, 3.63) is 0 Å². The van der Waals surface area contributed by atoms with Gasteiger partial charge in [-0.2, -0.15) is 0 Å². The van der Waals surface area contributed by atoms with Crippen LogP contribution in [-0.4, -0.2) is 53.7 Å². The Labute approximate surface area is 145 Å². The van der Waals surface area contributed by atoms with Crippen LogP contribution in [0.4, 0.5) is 4.79 Å². The number of rotatable bonds is 8. The number of carboxylic acids is 1. The van der Waals surface area contributed by atoms with Crippen LogP contribution >= 0.6 is 0 Å². The van der Waals surface area contributed by atoms with Gasteiger partial charge in [0.2, 0.25) is 0 Å². The Bertz CT molecular complexity index is 424. The molecule has 0 heterocycles. The second-order valence-corrected chi connectivity index (χ2v) is 7.35. The Kier molecular flexibility index (Phi) is 7.34. The van der Waals surface area contributed by atoms with Crippen LogP contribution < -0.4 is 10.6 Å². The molecular formula is C18H33N3O3. The summed E-state index contributed by atoms with van der Waals surface area (Å²) in [6.45, 7) is 5.82. The van der Waals surface area contributed by atoms with E-state index in [0.717, 1.165) is 31.8 Å². The molecule has 2 saturated carbocycles. The summed E-state index contributed by atoms with van der Waals surface area (Å²) in [6.07, 6.45) is 8.02. The van der Waals surface area contributed by atoms with E-state index in [4.69, 9.17) is 5.11 Å². The summed E-state index contributed by atoms with van der Waals surface area (Å²) in [5.41, 5.74) is 0. The molecule has 24 heavy (non-hydrogen) atoms. The van der Waals surface area contributed by atoms with Gasteiger partial charge in [0.1, 0.15) is 0 Å². The molecule has 138 valence electrons. The fourth-order valence-corrected chi connectivity index (χ4v) is 4.23. The first-order valence-corrected chi connectivity index (χ1v) is 9.53. The van der Waals surface area contributed by atoms with Crippen molar-refractivity contribution in [2.45, 2.75) is 70.9 Å². The summed E-state index contributed by atoms with van der Waals surface area (Å²) in [5.74, 6) is 0.583. The molecule has 2 fully saturated rings. The lowest BCUT2D eigenvalue weighted by Crippen LogP contribution is -2.56. The molecule has 3 N–H and O–H groups in total. The van der Waals surface area contributed by atoms with Gasteiger partial charge in [0.05, 0.1) is 6.54 Å². The van der Waals surface area contributed by atoms with E-state index in [1.807, 2.05) is 11.8 Å². The number of urea groups is 1. The third kappa shape index (κ3) is 5.36. The molecule has 6 nitrogen and oxygen atoms in total. The molecule has 0 aromatic carbocycles. The van der Waals surface area contributed by atoms with Gasteiger partial charge >= 0.3 is 12.0 Å². The summed E-state index contributed by atoms with van der Waals surface area (Å²) < 4.78 is 0. The van der Waals surface area contributed by atoms with Crippen molar-refractivity contribution in [3.8, 4) is 0 Å². The van der Waals surface area contributed by atoms with Gasteiger partial charge < -0.3 is 15.7 Å². The predicted octanol–water partition coefficient (Wildman–Crippen LogP) is 2.44. The second-order valence-electron chi connectivity index (χ2n) is 7.35. The molecule has 0 aromatic rings. The van der Waals surface area contributed by atoms with Gasteiger partial charge in [-0.15, -0.1) is 0 Å². The molecule has 0 radical (unpaired) electrons. The van der Waals surface area contributed by atoms with Gasteiger partial charge in [0, 0.05) is 18.6 Å². The summed E-state index contributed by atoms with van der Waals surface area (Å²) in [4.78, 5) is 24.9. The lowest BCUT2D eigenvalue weighted by molar-refractivity contribution is -0.139. The zero-order chi connectivity index (χ0) is 17.5. The van der Waals surface area contributed by atoms with Gasteiger partial charge in [0.15, 0.2) is 0 Å². The first-order valence-electron chi connectivity index (χ1n) is 9.53. The van der Waals surface area contributed by atoms with Gasteiger partial charge in [-0.25, -0.2) is 4.79 Å².